The molecule has 0 saturated heterocycles. The zero-order chi connectivity index (χ0) is 8.67. The summed E-state index contributed by atoms with van der Waals surface area (Å²) in [5.41, 5.74) is 4.29. The maximum absolute atomic E-state index is 2.29. The van der Waals surface area contributed by atoms with Crippen molar-refractivity contribution in [3.05, 3.63) is 53.9 Å². The molecule has 64 valence electrons. The predicted molar refractivity (Wildman–Crippen MR) is 53.2 cm³/mol. The van der Waals surface area contributed by atoms with E-state index < -0.39 is 0 Å². The number of para-hydroxylation sites is 1. The van der Waals surface area contributed by atoms with E-state index in [0.29, 0.717) is 0 Å². The van der Waals surface area contributed by atoms with Crippen molar-refractivity contribution in [1.29, 1.82) is 0 Å². The highest BCUT2D eigenvalue weighted by atomic mass is 15.0. The average molecular weight is 169 g/mol. The maximum Gasteiger partial charge on any atom is 0.0452 e. The molecule has 1 aliphatic carbocycles. The minimum absolute atomic E-state index is 1.23. The fourth-order valence-corrected chi connectivity index (χ4v) is 1.92. The van der Waals surface area contributed by atoms with E-state index in [9.17, 15) is 0 Å². The van der Waals surface area contributed by atoms with E-state index in [-0.39, 0.29) is 0 Å². The van der Waals surface area contributed by atoms with Gasteiger partial charge in [-0.1, -0.05) is 18.2 Å². The molecule has 1 aliphatic rings. The summed E-state index contributed by atoms with van der Waals surface area (Å²) < 4.78 is 2.29. The highest BCUT2D eigenvalue weighted by Crippen LogP contribution is 2.26. The van der Waals surface area contributed by atoms with Gasteiger partial charge in [0.1, 0.15) is 0 Å². The summed E-state index contributed by atoms with van der Waals surface area (Å²) >= 11 is 0. The third-order valence-electron chi connectivity index (χ3n) is 2.75. The van der Waals surface area contributed by atoms with Gasteiger partial charge in [0.2, 0.25) is 0 Å². The molecule has 1 aromatic heterocycles. The predicted octanol–water partition coefficient (Wildman–Crippen LogP) is 2.58. The molecule has 3 rings (SSSR count). The topological polar surface area (TPSA) is 4.93 Å². The van der Waals surface area contributed by atoms with Crippen LogP contribution in [0.2, 0.25) is 0 Å². The molecule has 1 heterocycles. The van der Waals surface area contributed by atoms with Gasteiger partial charge in [-0.15, -0.1) is 0 Å². The summed E-state index contributed by atoms with van der Waals surface area (Å²) in [7, 11) is 0. The van der Waals surface area contributed by atoms with Crippen molar-refractivity contribution in [3.63, 3.8) is 0 Å². The molecule has 0 fully saturated rings. The molecule has 0 saturated carbocycles. The first-order chi connectivity index (χ1) is 6.45. The van der Waals surface area contributed by atoms with Crippen LogP contribution >= 0.6 is 0 Å². The Morgan fingerprint density at radius 2 is 1.77 bits per heavy atom. The van der Waals surface area contributed by atoms with Crippen LogP contribution in [0.1, 0.15) is 11.3 Å². The Kier molecular flexibility index (Phi) is 1.33. The van der Waals surface area contributed by atoms with Gasteiger partial charge >= 0.3 is 0 Å². The van der Waals surface area contributed by atoms with Gasteiger partial charge in [-0.3, -0.25) is 0 Å². The lowest BCUT2D eigenvalue weighted by Gasteiger charge is -2.17. The molecule has 2 aromatic rings. The van der Waals surface area contributed by atoms with Crippen molar-refractivity contribution in [2.24, 2.45) is 0 Å². The van der Waals surface area contributed by atoms with Gasteiger partial charge in [-0.2, -0.15) is 0 Å². The fourth-order valence-electron chi connectivity index (χ4n) is 1.92. The van der Waals surface area contributed by atoms with Crippen LogP contribution in [0, 0.1) is 0 Å². The quantitative estimate of drug-likeness (QED) is 0.618. The van der Waals surface area contributed by atoms with Crippen LogP contribution in [0.15, 0.2) is 42.6 Å². The van der Waals surface area contributed by atoms with Crippen LogP contribution in [-0.4, -0.2) is 4.57 Å². The maximum atomic E-state index is 2.29. The van der Waals surface area contributed by atoms with Crippen LogP contribution < -0.4 is 0 Å². The number of rotatable bonds is 1. The van der Waals surface area contributed by atoms with E-state index in [1.807, 2.05) is 0 Å². The summed E-state index contributed by atoms with van der Waals surface area (Å²) in [4.78, 5) is 0. The lowest BCUT2D eigenvalue weighted by atomic mass is 9.97. The highest BCUT2D eigenvalue weighted by molar-refractivity contribution is 5.41. The number of nitrogens with zero attached hydrogens (tertiary/aromatic N) is 1. The molecule has 0 unspecified atom stereocenters. The number of aryl methyl sites for hydroxylation is 1. The Balaban J connectivity index is 2.15. The van der Waals surface area contributed by atoms with Gasteiger partial charge in [-0.25, -0.2) is 0 Å². The number of benzene rings is 1. The standard InChI is InChI=1S/C12H11N/c1-2-4-11(5-3-1)13-9-8-10-6-7-12(10)13/h1-5,8-9H,6-7H2. The van der Waals surface area contributed by atoms with Crippen molar-refractivity contribution >= 4 is 0 Å². The van der Waals surface area contributed by atoms with E-state index in [4.69, 9.17) is 0 Å². The normalized spacial score (nSPS) is 13.5. The minimum atomic E-state index is 1.23. The molecule has 0 aliphatic heterocycles. The smallest absolute Gasteiger partial charge is 0.0452 e. The van der Waals surface area contributed by atoms with Crippen molar-refractivity contribution in [1.82, 2.24) is 4.57 Å². The average Bonchev–Trinajstić information content (AvgIpc) is 2.43. The van der Waals surface area contributed by atoms with Crippen molar-refractivity contribution < 1.29 is 0 Å². The first kappa shape index (κ1) is 6.96. The Morgan fingerprint density at radius 3 is 2.38 bits per heavy atom. The van der Waals surface area contributed by atoms with Gasteiger partial charge in [0.15, 0.2) is 0 Å². The van der Waals surface area contributed by atoms with Crippen molar-refractivity contribution in [2.45, 2.75) is 12.8 Å². The summed E-state index contributed by atoms with van der Waals surface area (Å²) in [6, 6.07) is 12.8. The van der Waals surface area contributed by atoms with Gasteiger partial charge in [0.25, 0.3) is 0 Å². The van der Waals surface area contributed by atoms with Gasteiger partial charge in [0, 0.05) is 17.6 Å². The molecule has 0 atom stereocenters. The lowest BCUT2D eigenvalue weighted by Crippen LogP contribution is -2.11. The number of fused-ring (bicyclic) bond motifs is 1. The molecular formula is C12H11N. The third kappa shape index (κ3) is 0.934. The van der Waals surface area contributed by atoms with Crippen LogP contribution in [0.3, 0.4) is 0 Å². The van der Waals surface area contributed by atoms with Crippen LogP contribution in [0.25, 0.3) is 5.69 Å². The second-order valence-electron chi connectivity index (χ2n) is 3.49. The van der Waals surface area contributed by atoms with Crippen molar-refractivity contribution in [3.8, 4) is 5.69 Å². The molecule has 0 bridgehead atoms. The summed E-state index contributed by atoms with van der Waals surface area (Å²) in [6.07, 6.45) is 4.67. The zero-order valence-corrected chi connectivity index (χ0v) is 7.40. The second-order valence-corrected chi connectivity index (χ2v) is 3.49. The van der Waals surface area contributed by atoms with Crippen LogP contribution in [0.4, 0.5) is 0 Å². The van der Waals surface area contributed by atoms with Crippen LogP contribution in [0.5, 0.6) is 0 Å². The largest absolute Gasteiger partial charge is 0.321 e. The number of hydrogen-bond acceptors (Lipinski definition) is 0. The van der Waals surface area contributed by atoms with E-state index in [0.717, 1.165) is 0 Å². The third-order valence-corrected chi connectivity index (χ3v) is 2.75. The molecule has 1 aromatic carbocycles. The molecular weight excluding hydrogens is 158 g/mol. The second kappa shape index (κ2) is 2.49. The Morgan fingerprint density at radius 1 is 0.923 bits per heavy atom. The summed E-state index contributed by atoms with van der Waals surface area (Å²) in [6.45, 7) is 0. The van der Waals surface area contributed by atoms with E-state index in [2.05, 4.69) is 47.2 Å². The fraction of sp³-hybridized carbons (Fsp3) is 0.167. The Labute approximate surface area is 77.6 Å². The molecule has 13 heavy (non-hydrogen) atoms. The van der Waals surface area contributed by atoms with Gasteiger partial charge < -0.3 is 4.57 Å². The van der Waals surface area contributed by atoms with E-state index >= 15 is 0 Å². The molecule has 0 N–H and O–H groups in total. The summed E-state index contributed by atoms with van der Waals surface area (Å²) in [5, 5.41) is 0. The molecule has 0 radical (unpaired) electrons. The van der Waals surface area contributed by atoms with Gasteiger partial charge in [0.05, 0.1) is 0 Å². The zero-order valence-electron chi connectivity index (χ0n) is 7.40. The molecule has 0 amide bonds. The first-order valence-corrected chi connectivity index (χ1v) is 4.70. The first-order valence-electron chi connectivity index (χ1n) is 4.70. The Hall–Kier alpha value is -1.50. The summed E-state index contributed by atoms with van der Waals surface area (Å²) in [5.74, 6) is 0. The molecule has 0 spiro atoms. The van der Waals surface area contributed by atoms with E-state index in [1.54, 1.807) is 0 Å². The molecule has 1 heteroatoms. The Bertz CT molecular complexity index is 426. The van der Waals surface area contributed by atoms with E-state index in [1.165, 1.54) is 29.8 Å². The monoisotopic (exact) mass is 169 g/mol. The molecule has 1 nitrogen and oxygen atoms in total. The van der Waals surface area contributed by atoms with Crippen LogP contribution in [-0.2, 0) is 12.8 Å². The number of aromatic nitrogens is 1. The van der Waals surface area contributed by atoms with Crippen molar-refractivity contribution in [2.75, 3.05) is 0 Å². The SMILES string of the molecule is c1ccc(-n2ccc3c2CC3)cc1. The number of hydrogen-bond donors (Lipinski definition) is 0. The lowest BCUT2D eigenvalue weighted by molar-refractivity contribution is 0.771. The minimum Gasteiger partial charge on any atom is -0.321 e. The van der Waals surface area contributed by atoms with Gasteiger partial charge in [-0.05, 0) is 36.6 Å². The highest BCUT2D eigenvalue weighted by Gasteiger charge is 2.17.